The lowest BCUT2D eigenvalue weighted by Crippen LogP contribution is -2.25. The first-order valence-corrected chi connectivity index (χ1v) is 8.94. The number of unbranched alkanes of at least 4 members (excludes halogenated alkanes) is 1. The Morgan fingerprint density at radius 3 is 2.80 bits per heavy atom. The van der Waals surface area contributed by atoms with E-state index >= 15 is 0 Å². The van der Waals surface area contributed by atoms with Crippen molar-refractivity contribution in [3.8, 4) is 0 Å². The first-order valence-electron chi connectivity index (χ1n) is 7.96. The standard InChI is InChI=1S/C17H30O2S/c1-5-6-12-19-16(18)9-13-20-17(4)10-7-15(8-11-17)14(2)3/h7,10,14-15H,5-6,8-9,11-13H2,1-4H3. The zero-order valence-corrected chi connectivity index (χ0v) is 14.3. The summed E-state index contributed by atoms with van der Waals surface area (Å²) in [6.45, 7) is 9.54. The van der Waals surface area contributed by atoms with Crippen molar-refractivity contribution in [3.05, 3.63) is 12.2 Å². The van der Waals surface area contributed by atoms with E-state index in [9.17, 15) is 4.79 Å². The molecule has 1 aliphatic carbocycles. The molecule has 0 amide bonds. The van der Waals surface area contributed by atoms with Crippen LogP contribution in [0.3, 0.4) is 0 Å². The Kier molecular flexibility index (Phi) is 7.71. The molecule has 0 spiro atoms. The predicted molar refractivity (Wildman–Crippen MR) is 88.0 cm³/mol. The fourth-order valence-corrected chi connectivity index (χ4v) is 3.58. The zero-order chi connectivity index (χ0) is 15.0. The van der Waals surface area contributed by atoms with Gasteiger partial charge in [0.2, 0.25) is 0 Å². The van der Waals surface area contributed by atoms with E-state index in [2.05, 4.69) is 39.8 Å². The van der Waals surface area contributed by atoms with Crippen molar-refractivity contribution < 1.29 is 9.53 Å². The Labute approximate surface area is 128 Å². The molecule has 2 atom stereocenters. The van der Waals surface area contributed by atoms with Gasteiger partial charge in [0.15, 0.2) is 0 Å². The number of thioether (sulfide) groups is 1. The van der Waals surface area contributed by atoms with E-state index < -0.39 is 0 Å². The highest BCUT2D eigenvalue weighted by molar-refractivity contribution is 8.00. The van der Waals surface area contributed by atoms with Gasteiger partial charge >= 0.3 is 5.97 Å². The number of ether oxygens (including phenoxy) is 1. The smallest absolute Gasteiger partial charge is 0.306 e. The van der Waals surface area contributed by atoms with Crippen molar-refractivity contribution in [1.29, 1.82) is 0 Å². The molecule has 0 aliphatic heterocycles. The molecule has 1 aliphatic rings. The van der Waals surface area contributed by atoms with E-state index in [1.54, 1.807) is 0 Å². The fourth-order valence-electron chi connectivity index (χ4n) is 2.41. The van der Waals surface area contributed by atoms with Crippen LogP contribution in [-0.4, -0.2) is 23.1 Å². The van der Waals surface area contributed by atoms with Crippen LogP contribution in [0.25, 0.3) is 0 Å². The van der Waals surface area contributed by atoms with Crippen LogP contribution >= 0.6 is 11.8 Å². The molecule has 20 heavy (non-hydrogen) atoms. The van der Waals surface area contributed by atoms with Gasteiger partial charge in [0, 0.05) is 10.5 Å². The molecule has 2 unspecified atom stereocenters. The molecule has 0 saturated carbocycles. The number of hydrogen-bond acceptors (Lipinski definition) is 3. The monoisotopic (exact) mass is 298 g/mol. The number of carbonyl (C=O) groups is 1. The van der Waals surface area contributed by atoms with Crippen LogP contribution in [0.4, 0.5) is 0 Å². The second-order valence-corrected chi connectivity index (χ2v) is 7.92. The lowest BCUT2D eigenvalue weighted by Gasteiger charge is -2.33. The lowest BCUT2D eigenvalue weighted by atomic mass is 9.83. The third kappa shape index (κ3) is 6.34. The maximum absolute atomic E-state index is 11.6. The first-order chi connectivity index (χ1) is 9.47. The maximum atomic E-state index is 11.6. The molecule has 0 aromatic carbocycles. The molecule has 0 fully saturated rings. The van der Waals surface area contributed by atoms with Crippen molar-refractivity contribution in [2.24, 2.45) is 11.8 Å². The van der Waals surface area contributed by atoms with Gasteiger partial charge in [-0.15, -0.1) is 0 Å². The van der Waals surface area contributed by atoms with Crippen LogP contribution in [0, 0.1) is 11.8 Å². The van der Waals surface area contributed by atoms with Gasteiger partial charge in [0.25, 0.3) is 0 Å². The van der Waals surface area contributed by atoms with Gasteiger partial charge in [-0.05, 0) is 38.0 Å². The van der Waals surface area contributed by atoms with Gasteiger partial charge in [0.1, 0.15) is 0 Å². The van der Waals surface area contributed by atoms with Crippen molar-refractivity contribution in [1.82, 2.24) is 0 Å². The quantitative estimate of drug-likeness (QED) is 0.364. The van der Waals surface area contributed by atoms with Crippen molar-refractivity contribution in [3.63, 3.8) is 0 Å². The number of hydrogen-bond donors (Lipinski definition) is 0. The van der Waals surface area contributed by atoms with Crippen LogP contribution in [0.2, 0.25) is 0 Å². The molecule has 1 rings (SSSR count). The minimum Gasteiger partial charge on any atom is -0.466 e. The van der Waals surface area contributed by atoms with Crippen LogP contribution in [0.15, 0.2) is 12.2 Å². The summed E-state index contributed by atoms with van der Waals surface area (Å²) in [6.07, 6.45) is 9.78. The third-order valence-electron chi connectivity index (χ3n) is 4.03. The van der Waals surface area contributed by atoms with Gasteiger partial charge in [-0.2, -0.15) is 11.8 Å². The lowest BCUT2D eigenvalue weighted by molar-refractivity contribution is -0.143. The molecule has 0 saturated heterocycles. The molecular formula is C17H30O2S. The Morgan fingerprint density at radius 1 is 1.50 bits per heavy atom. The maximum Gasteiger partial charge on any atom is 0.306 e. The summed E-state index contributed by atoms with van der Waals surface area (Å²) in [5.74, 6) is 2.27. The summed E-state index contributed by atoms with van der Waals surface area (Å²) < 4.78 is 5.39. The highest BCUT2D eigenvalue weighted by Gasteiger charge is 2.28. The van der Waals surface area contributed by atoms with E-state index in [0.717, 1.165) is 30.4 Å². The van der Waals surface area contributed by atoms with Gasteiger partial charge in [-0.1, -0.05) is 39.3 Å². The van der Waals surface area contributed by atoms with E-state index in [-0.39, 0.29) is 10.7 Å². The summed E-state index contributed by atoms with van der Waals surface area (Å²) in [5.41, 5.74) is 0. The molecule has 2 nitrogen and oxygen atoms in total. The second-order valence-electron chi connectivity index (χ2n) is 6.29. The average molecular weight is 298 g/mol. The molecule has 0 radical (unpaired) electrons. The largest absolute Gasteiger partial charge is 0.466 e. The highest BCUT2D eigenvalue weighted by Crippen LogP contribution is 2.39. The van der Waals surface area contributed by atoms with E-state index in [4.69, 9.17) is 4.74 Å². The Balaban J connectivity index is 2.24. The van der Waals surface area contributed by atoms with Gasteiger partial charge in [-0.3, -0.25) is 4.79 Å². The summed E-state index contributed by atoms with van der Waals surface area (Å²) in [6, 6.07) is 0. The number of esters is 1. The average Bonchev–Trinajstić information content (AvgIpc) is 2.39. The van der Waals surface area contributed by atoms with Gasteiger partial charge < -0.3 is 4.74 Å². The van der Waals surface area contributed by atoms with Crippen LogP contribution in [0.1, 0.15) is 59.8 Å². The summed E-state index contributed by atoms with van der Waals surface area (Å²) in [7, 11) is 0. The predicted octanol–water partition coefficient (Wildman–Crippen LogP) is 4.83. The van der Waals surface area contributed by atoms with Crippen molar-refractivity contribution >= 4 is 17.7 Å². The fraction of sp³-hybridized carbons (Fsp3) is 0.824. The summed E-state index contributed by atoms with van der Waals surface area (Å²) in [4.78, 5) is 11.6. The van der Waals surface area contributed by atoms with Crippen LogP contribution in [0.5, 0.6) is 0 Å². The van der Waals surface area contributed by atoms with Crippen molar-refractivity contribution in [2.45, 2.75) is 64.5 Å². The normalized spacial score (nSPS) is 25.9. The molecule has 0 aromatic rings. The topological polar surface area (TPSA) is 26.3 Å². The summed E-state index contributed by atoms with van der Waals surface area (Å²) in [5, 5.41) is 0. The highest BCUT2D eigenvalue weighted by atomic mass is 32.2. The van der Waals surface area contributed by atoms with E-state index in [0.29, 0.717) is 13.0 Å². The van der Waals surface area contributed by atoms with E-state index in [1.165, 1.54) is 12.8 Å². The Morgan fingerprint density at radius 2 is 2.25 bits per heavy atom. The molecule has 3 heteroatoms. The minimum atomic E-state index is -0.0469. The minimum absolute atomic E-state index is 0.0469. The number of allylic oxidation sites excluding steroid dienone is 1. The number of carbonyl (C=O) groups excluding carboxylic acids is 1. The third-order valence-corrected chi connectivity index (χ3v) is 5.43. The van der Waals surface area contributed by atoms with Gasteiger partial charge in [0.05, 0.1) is 13.0 Å². The second kappa shape index (κ2) is 8.76. The first kappa shape index (κ1) is 17.6. The van der Waals surface area contributed by atoms with Gasteiger partial charge in [-0.25, -0.2) is 0 Å². The molecule has 0 heterocycles. The molecule has 0 N–H and O–H groups in total. The van der Waals surface area contributed by atoms with Crippen LogP contribution < -0.4 is 0 Å². The summed E-state index contributed by atoms with van der Waals surface area (Å²) >= 11 is 1.89. The molecular weight excluding hydrogens is 268 g/mol. The zero-order valence-electron chi connectivity index (χ0n) is 13.5. The molecule has 0 aromatic heterocycles. The Bertz CT molecular complexity index is 325. The Hall–Kier alpha value is -0.440. The SMILES string of the molecule is CCCCOC(=O)CCSC1(C)C=CC(C(C)C)CC1. The number of rotatable bonds is 8. The van der Waals surface area contributed by atoms with E-state index in [1.807, 2.05) is 11.8 Å². The molecule has 116 valence electrons. The molecule has 0 bridgehead atoms. The van der Waals surface area contributed by atoms with Crippen molar-refractivity contribution in [2.75, 3.05) is 12.4 Å². The van der Waals surface area contributed by atoms with Crippen LogP contribution in [-0.2, 0) is 9.53 Å².